The van der Waals surface area contributed by atoms with Crippen LogP contribution in [-0.4, -0.2) is 16.1 Å². The SMILES string of the molecule is Cn1cncc1N1CCCC1c1ccc(C#N)c(Oc2cccc(Cl)c2)c1. The number of halogens is 1. The zero-order chi connectivity index (χ0) is 18.8. The summed E-state index contributed by atoms with van der Waals surface area (Å²) in [5, 5.41) is 10.1. The van der Waals surface area contributed by atoms with Gasteiger partial charge in [-0.25, -0.2) is 4.98 Å². The van der Waals surface area contributed by atoms with Crippen molar-refractivity contribution in [1.29, 1.82) is 5.26 Å². The average molecular weight is 379 g/mol. The van der Waals surface area contributed by atoms with Crippen LogP contribution < -0.4 is 9.64 Å². The summed E-state index contributed by atoms with van der Waals surface area (Å²) in [7, 11) is 2.00. The fourth-order valence-electron chi connectivity index (χ4n) is 3.59. The topological polar surface area (TPSA) is 54.1 Å². The molecule has 1 aliphatic heterocycles. The molecule has 2 heterocycles. The number of ether oxygens (including phenoxy) is 1. The second-order valence-electron chi connectivity index (χ2n) is 6.64. The van der Waals surface area contributed by atoms with Crippen LogP contribution in [0.4, 0.5) is 5.82 Å². The maximum absolute atomic E-state index is 9.47. The number of aryl methyl sites for hydroxylation is 1. The molecule has 4 rings (SSSR count). The second-order valence-corrected chi connectivity index (χ2v) is 7.08. The fourth-order valence-corrected chi connectivity index (χ4v) is 3.78. The van der Waals surface area contributed by atoms with Gasteiger partial charge in [-0.2, -0.15) is 5.26 Å². The molecule has 0 amide bonds. The van der Waals surface area contributed by atoms with Crippen molar-refractivity contribution in [3.05, 3.63) is 71.1 Å². The Bertz CT molecular complexity index is 1010. The van der Waals surface area contributed by atoms with E-state index < -0.39 is 0 Å². The van der Waals surface area contributed by atoms with E-state index >= 15 is 0 Å². The predicted octanol–water partition coefficient (Wildman–Crippen LogP) is 5.08. The van der Waals surface area contributed by atoms with Gasteiger partial charge in [-0.15, -0.1) is 0 Å². The Morgan fingerprint density at radius 1 is 1.26 bits per heavy atom. The lowest BCUT2D eigenvalue weighted by atomic mass is 10.0. The zero-order valence-corrected chi connectivity index (χ0v) is 15.7. The Morgan fingerprint density at radius 2 is 2.15 bits per heavy atom. The van der Waals surface area contributed by atoms with Crippen molar-refractivity contribution in [2.24, 2.45) is 7.05 Å². The summed E-state index contributed by atoms with van der Waals surface area (Å²) < 4.78 is 8.02. The molecule has 0 spiro atoms. The van der Waals surface area contributed by atoms with Crippen LogP contribution in [0.15, 0.2) is 55.0 Å². The number of benzene rings is 2. The lowest BCUT2D eigenvalue weighted by Gasteiger charge is -2.27. The van der Waals surface area contributed by atoms with E-state index in [2.05, 4.69) is 16.0 Å². The third kappa shape index (κ3) is 3.49. The van der Waals surface area contributed by atoms with E-state index in [1.54, 1.807) is 12.1 Å². The number of rotatable bonds is 4. The number of hydrogen-bond acceptors (Lipinski definition) is 4. The van der Waals surface area contributed by atoms with Gasteiger partial charge in [0.05, 0.1) is 24.1 Å². The number of hydrogen-bond donors (Lipinski definition) is 0. The summed E-state index contributed by atoms with van der Waals surface area (Å²) in [6.07, 6.45) is 5.87. The van der Waals surface area contributed by atoms with Crippen LogP contribution in [-0.2, 0) is 7.05 Å². The van der Waals surface area contributed by atoms with Crippen molar-refractivity contribution < 1.29 is 4.74 Å². The molecule has 136 valence electrons. The molecule has 1 atom stereocenters. The number of imidazole rings is 1. The Kier molecular flexibility index (Phi) is 4.74. The monoisotopic (exact) mass is 378 g/mol. The predicted molar refractivity (Wildman–Crippen MR) is 105 cm³/mol. The van der Waals surface area contributed by atoms with E-state index in [1.807, 2.05) is 54.5 Å². The van der Waals surface area contributed by atoms with Crippen LogP contribution >= 0.6 is 11.6 Å². The third-order valence-electron chi connectivity index (χ3n) is 4.87. The first-order valence-corrected chi connectivity index (χ1v) is 9.24. The molecule has 2 aromatic carbocycles. The number of aromatic nitrogens is 2. The maximum Gasteiger partial charge on any atom is 0.145 e. The number of nitriles is 1. The highest BCUT2D eigenvalue weighted by molar-refractivity contribution is 6.30. The molecule has 5 nitrogen and oxygen atoms in total. The van der Waals surface area contributed by atoms with Gasteiger partial charge in [0, 0.05) is 18.6 Å². The van der Waals surface area contributed by atoms with Crippen molar-refractivity contribution in [2.45, 2.75) is 18.9 Å². The normalized spacial score (nSPS) is 16.3. The van der Waals surface area contributed by atoms with E-state index in [9.17, 15) is 5.26 Å². The first-order chi connectivity index (χ1) is 13.2. The summed E-state index contributed by atoms with van der Waals surface area (Å²) in [5.74, 6) is 2.26. The van der Waals surface area contributed by atoms with Crippen LogP contribution in [0.1, 0.15) is 30.0 Å². The Balaban J connectivity index is 1.68. The molecule has 6 heteroatoms. The maximum atomic E-state index is 9.47. The molecule has 0 radical (unpaired) electrons. The Labute approximate surface area is 163 Å². The van der Waals surface area contributed by atoms with Gasteiger partial charge in [-0.05, 0) is 48.7 Å². The van der Waals surface area contributed by atoms with Crippen LogP contribution in [0.25, 0.3) is 0 Å². The van der Waals surface area contributed by atoms with Gasteiger partial charge in [0.25, 0.3) is 0 Å². The summed E-state index contributed by atoms with van der Waals surface area (Å²) >= 11 is 6.05. The van der Waals surface area contributed by atoms with E-state index in [-0.39, 0.29) is 6.04 Å². The quantitative estimate of drug-likeness (QED) is 0.635. The van der Waals surface area contributed by atoms with Crippen molar-refractivity contribution in [3.8, 4) is 17.6 Å². The molecule has 1 saturated heterocycles. The minimum atomic E-state index is 0.231. The minimum absolute atomic E-state index is 0.231. The fraction of sp³-hybridized carbons (Fsp3) is 0.238. The average Bonchev–Trinajstić information content (AvgIpc) is 3.30. The molecule has 0 N–H and O–H groups in total. The Morgan fingerprint density at radius 3 is 2.89 bits per heavy atom. The molecule has 1 aromatic heterocycles. The highest BCUT2D eigenvalue weighted by Gasteiger charge is 2.28. The largest absolute Gasteiger partial charge is 0.456 e. The standard InChI is InChI=1S/C21H19ClN4O/c1-25-14-24-13-21(25)26-9-3-6-19(26)15-7-8-16(12-23)20(10-15)27-18-5-2-4-17(22)11-18/h2,4-5,7-8,10-11,13-14,19H,3,6,9H2,1H3. The Hall–Kier alpha value is -2.97. The third-order valence-corrected chi connectivity index (χ3v) is 5.11. The second kappa shape index (κ2) is 7.34. The minimum Gasteiger partial charge on any atom is -0.456 e. The molecule has 3 aromatic rings. The smallest absolute Gasteiger partial charge is 0.145 e. The summed E-state index contributed by atoms with van der Waals surface area (Å²) in [6, 6.07) is 15.5. The number of nitrogens with zero attached hydrogens (tertiary/aromatic N) is 4. The van der Waals surface area contributed by atoms with Gasteiger partial charge in [0.1, 0.15) is 23.4 Å². The van der Waals surface area contributed by atoms with E-state index in [0.717, 1.165) is 30.8 Å². The van der Waals surface area contributed by atoms with Crippen LogP contribution in [0, 0.1) is 11.3 Å². The summed E-state index contributed by atoms with van der Waals surface area (Å²) in [5.41, 5.74) is 1.63. The van der Waals surface area contributed by atoms with Gasteiger partial charge in [-0.1, -0.05) is 23.7 Å². The van der Waals surface area contributed by atoms with Gasteiger partial charge in [0.2, 0.25) is 0 Å². The van der Waals surface area contributed by atoms with Crippen LogP contribution in [0.2, 0.25) is 5.02 Å². The van der Waals surface area contributed by atoms with Gasteiger partial charge < -0.3 is 14.2 Å². The van der Waals surface area contributed by atoms with Crippen LogP contribution in [0.5, 0.6) is 11.5 Å². The summed E-state index contributed by atoms with van der Waals surface area (Å²) in [4.78, 5) is 6.60. The van der Waals surface area contributed by atoms with Gasteiger partial charge in [0.15, 0.2) is 0 Å². The zero-order valence-electron chi connectivity index (χ0n) is 15.0. The molecule has 0 saturated carbocycles. The molecule has 0 bridgehead atoms. The first kappa shape index (κ1) is 17.4. The molecular weight excluding hydrogens is 360 g/mol. The van der Waals surface area contributed by atoms with Gasteiger partial charge in [-0.3, -0.25) is 0 Å². The van der Waals surface area contributed by atoms with Crippen molar-refractivity contribution in [3.63, 3.8) is 0 Å². The van der Waals surface area contributed by atoms with Crippen molar-refractivity contribution in [2.75, 3.05) is 11.4 Å². The molecule has 1 aliphatic rings. The van der Waals surface area contributed by atoms with E-state index in [4.69, 9.17) is 16.3 Å². The van der Waals surface area contributed by atoms with Gasteiger partial charge >= 0.3 is 0 Å². The van der Waals surface area contributed by atoms with Crippen LogP contribution in [0.3, 0.4) is 0 Å². The number of anilines is 1. The molecule has 0 aliphatic carbocycles. The lowest BCUT2D eigenvalue weighted by Crippen LogP contribution is -2.24. The first-order valence-electron chi connectivity index (χ1n) is 8.86. The summed E-state index contributed by atoms with van der Waals surface area (Å²) in [6.45, 7) is 0.981. The molecule has 1 fully saturated rings. The van der Waals surface area contributed by atoms with E-state index in [1.165, 1.54) is 0 Å². The van der Waals surface area contributed by atoms with Crippen molar-refractivity contribution in [1.82, 2.24) is 9.55 Å². The van der Waals surface area contributed by atoms with E-state index in [0.29, 0.717) is 22.1 Å². The molecule has 1 unspecified atom stereocenters. The van der Waals surface area contributed by atoms with Crippen molar-refractivity contribution >= 4 is 17.4 Å². The highest BCUT2D eigenvalue weighted by Crippen LogP contribution is 2.38. The lowest BCUT2D eigenvalue weighted by molar-refractivity contribution is 0.479. The highest BCUT2D eigenvalue weighted by atomic mass is 35.5. The molecular formula is C21H19ClN4O. The molecule has 27 heavy (non-hydrogen) atoms.